The van der Waals surface area contributed by atoms with Gasteiger partial charge in [-0.1, -0.05) is 17.3 Å². The first kappa shape index (κ1) is 16.2. The van der Waals surface area contributed by atoms with Crippen molar-refractivity contribution in [2.24, 2.45) is 10.9 Å². The van der Waals surface area contributed by atoms with E-state index in [-0.39, 0.29) is 29.7 Å². The standard InChI is InChI=1S/C17H16N6O2/c18-11-7-5-10(6-8-11)14(24)9-23-13-4-2-1-3-12(13)21-17(23)15(19)16(20)22-25/h1-8,19,25H,9,18H2,(H2,20,22). The van der Waals surface area contributed by atoms with Crippen molar-refractivity contribution in [3.05, 3.63) is 59.9 Å². The maximum absolute atomic E-state index is 12.6. The predicted molar refractivity (Wildman–Crippen MR) is 95.2 cm³/mol. The van der Waals surface area contributed by atoms with E-state index in [1.807, 2.05) is 6.07 Å². The van der Waals surface area contributed by atoms with Crippen LogP contribution in [0.4, 0.5) is 5.69 Å². The Hall–Kier alpha value is -3.68. The zero-order chi connectivity index (χ0) is 18.0. The lowest BCUT2D eigenvalue weighted by atomic mass is 10.1. The van der Waals surface area contributed by atoms with Crippen LogP contribution in [0.3, 0.4) is 0 Å². The minimum absolute atomic E-state index is 0.0408. The number of hydrogen-bond donors (Lipinski definition) is 4. The van der Waals surface area contributed by atoms with E-state index in [0.717, 1.165) is 0 Å². The quantitative estimate of drug-likeness (QED) is 0.140. The second kappa shape index (κ2) is 6.44. The maximum atomic E-state index is 12.6. The molecule has 126 valence electrons. The summed E-state index contributed by atoms with van der Waals surface area (Å²) in [6.07, 6.45) is 0. The Morgan fingerprint density at radius 1 is 1.20 bits per heavy atom. The van der Waals surface area contributed by atoms with E-state index in [1.54, 1.807) is 47.0 Å². The highest BCUT2D eigenvalue weighted by molar-refractivity contribution is 6.45. The Bertz CT molecular complexity index is 988. The molecule has 0 fully saturated rings. The molecular weight excluding hydrogens is 320 g/mol. The van der Waals surface area contributed by atoms with Gasteiger partial charge in [-0.3, -0.25) is 10.2 Å². The Kier molecular flexibility index (Phi) is 4.17. The first-order valence-electron chi connectivity index (χ1n) is 7.42. The fourth-order valence-electron chi connectivity index (χ4n) is 2.49. The second-order valence-electron chi connectivity index (χ2n) is 5.42. The highest BCUT2D eigenvalue weighted by atomic mass is 16.4. The smallest absolute Gasteiger partial charge is 0.191 e. The molecule has 2 aromatic carbocycles. The number of rotatable bonds is 5. The molecule has 3 aromatic rings. The first-order valence-corrected chi connectivity index (χ1v) is 7.42. The molecular formula is C17H16N6O2. The number of nitrogens with zero attached hydrogens (tertiary/aromatic N) is 3. The molecule has 0 aliphatic carbocycles. The highest BCUT2D eigenvalue weighted by Crippen LogP contribution is 2.18. The number of hydrogen-bond acceptors (Lipinski definition) is 6. The van der Waals surface area contributed by atoms with E-state index < -0.39 is 0 Å². The molecule has 0 amide bonds. The van der Waals surface area contributed by atoms with Gasteiger partial charge in [0.25, 0.3) is 0 Å². The number of nitrogens with one attached hydrogen (secondary N) is 1. The first-order chi connectivity index (χ1) is 12.0. The summed E-state index contributed by atoms with van der Waals surface area (Å²) in [5, 5.41) is 19.7. The second-order valence-corrected chi connectivity index (χ2v) is 5.42. The number of carbonyl (C=O) groups excluding carboxylic acids is 1. The average Bonchev–Trinajstić information content (AvgIpc) is 2.99. The van der Waals surface area contributed by atoms with Gasteiger partial charge in [0.05, 0.1) is 17.6 Å². The SMILES string of the molecule is N=C(C(N)=NO)c1nc2ccccc2n1CC(=O)c1ccc(N)cc1. The molecule has 1 aromatic heterocycles. The van der Waals surface area contributed by atoms with Crippen LogP contribution in [0.25, 0.3) is 11.0 Å². The number of fused-ring (bicyclic) bond motifs is 1. The maximum Gasteiger partial charge on any atom is 0.191 e. The molecule has 0 aliphatic heterocycles. The number of imidazole rings is 1. The van der Waals surface area contributed by atoms with Crippen LogP contribution >= 0.6 is 0 Å². The van der Waals surface area contributed by atoms with Crippen LogP contribution in [0.2, 0.25) is 0 Å². The van der Waals surface area contributed by atoms with Crippen molar-refractivity contribution >= 4 is 34.1 Å². The summed E-state index contributed by atoms with van der Waals surface area (Å²) >= 11 is 0. The van der Waals surface area contributed by atoms with Crippen molar-refractivity contribution in [3.8, 4) is 0 Å². The lowest BCUT2D eigenvalue weighted by Crippen LogP contribution is -2.28. The van der Waals surface area contributed by atoms with E-state index in [9.17, 15) is 4.79 Å². The lowest BCUT2D eigenvalue weighted by molar-refractivity contribution is 0.0973. The zero-order valence-electron chi connectivity index (χ0n) is 13.2. The number of aromatic nitrogens is 2. The number of anilines is 1. The van der Waals surface area contributed by atoms with Gasteiger partial charge in [-0.25, -0.2) is 4.98 Å². The third kappa shape index (κ3) is 3.05. The van der Waals surface area contributed by atoms with Crippen LogP contribution in [0.15, 0.2) is 53.7 Å². The van der Waals surface area contributed by atoms with E-state index in [0.29, 0.717) is 22.3 Å². The lowest BCUT2D eigenvalue weighted by Gasteiger charge is -2.09. The van der Waals surface area contributed by atoms with Gasteiger partial charge < -0.3 is 21.2 Å². The number of Topliss-reactive ketones (excluding diaryl/α,β-unsaturated/α-hetero) is 1. The van der Waals surface area contributed by atoms with Gasteiger partial charge >= 0.3 is 0 Å². The van der Waals surface area contributed by atoms with Crippen LogP contribution in [-0.4, -0.2) is 32.1 Å². The fourth-order valence-corrected chi connectivity index (χ4v) is 2.49. The van der Waals surface area contributed by atoms with Crippen LogP contribution < -0.4 is 11.5 Å². The van der Waals surface area contributed by atoms with Crippen molar-refractivity contribution < 1.29 is 10.0 Å². The Morgan fingerprint density at radius 3 is 2.56 bits per heavy atom. The van der Waals surface area contributed by atoms with Gasteiger partial charge in [0.15, 0.2) is 17.4 Å². The van der Waals surface area contributed by atoms with Gasteiger partial charge in [0.2, 0.25) is 0 Å². The van der Waals surface area contributed by atoms with Crippen molar-refractivity contribution in [3.63, 3.8) is 0 Å². The number of nitrogens with two attached hydrogens (primary N) is 2. The van der Waals surface area contributed by atoms with Gasteiger partial charge in [-0.15, -0.1) is 0 Å². The number of carbonyl (C=O) groups is 1. The van der Waals surface area contributed by atoms with Crippen LogP contribution in [-0.2, 0) is 6.54 Å². The number of benzene rings is 2. The molecule has 0 spiro atoms. The van der Waals surface area contributed by atoms with E-state index in [4.69, 9.17) is 22.1 Å². The molecule has 0 aliphatic rings. The van der Waals surface area contributed by atoms with E-state index in [2.05, 4.69) is 10.1 Å². The molecule has 3 rings (SSSR count). The van der Waals surface area contributed by atoms with E-state index in [1.165, 1.54) is 0 Å². The van der Waals surface area contributed by atoms with E-state index >= 15 is 0 Å². The van der Waals surface area contributed by atoms with Crippen LogP contribution in [0.1, 0.15) is 16.2 Å². The zero-order valence-corrected chi connectivity index (χ0v) is 13.2. The minimum Gasteiger partial charge on any atom is -0.409 e. The molecule has 0 saturated heterocycles. The van der Waals surface area contributed by atoms with Gasteiger partial charge in [0, 0.05) is 11.3 Å². The molecule has 8 heteroatoms. The number of oxime groups is 1. The van der Waals surface area contributed by atoms with Crippen molar-refractivity contribution in [1.82, 2.24) is 9.55 Å². The minimum atomic E-state index is -0.378. The molecule has 6 N–H and O–H groups in total. The summed E-state index contributed by atoms with van der Waals surface area (Å²) in [4.78, 5) is 16.9. The van der Waals surface area contributed by atoms with Crippen LogP contribution in [0, 0.1) is 5.41 Å². The molecule has 8 nitrogen and oxygen atoms in total. The summed E-state index contributed by atoms with van der Waals surface area (Å²) in [6, 6.07) is 13.8. The Balaban J connectivity index is 2.06. The largest absolute Gasteiger partial charge is 0.409 e. The van der Waals surface area contributed by atoms with Crippen molar-refractivity contribution in [1.29, 1.82) is 5.41 Å². The number of nitrogen functional groups attached to an aromatic ring is 1. The molecule has 1 heterocycles. The molecule has 0 radical (unpaired) electrons. The van der Waals surface area contributed by atoms with Gasteiger partial charge in [-0.05, 0) is 36.4 Å². The molecule has 0 saturated carbocycles. The van der Waals surface area contributed by atoms with Gasteiger partial charge in [0.1, 0.15) is 5.71 Å². The summed E-state index contributed by atoms with van der Waals surface area (Å²) in [6.45, 7) is -0.0408. The number of amidine groups is 1. The molecule has 25 heavy (non-hydrogen) atoms. The molecule has 0 unspecified atom stereocenters. The van der Waals surface area contributed by atoms with Gasteiger partial charge in [-0.2, -0.15) is 0 Å². The normalized spacial score (nSPS) is 11.6. The Morgan fingerprint density at radius 2 is 1.88 bits per heavy atom. The summed E-state index contributed by atoms with van der Waals surface area (Å²) in [5.41, 5.74) is 13.3. The third-order valence-corrected chi connectivity index (χ3v) is 3.78. The van der Waals surface area contributed by atoms with Crippen molar-refractivity contribution in [2.75, 3.05) is 5.73 Å². The molecule has 0 atom stereocenters. The highest BCUT2D eigenvalue weighted by Gasteiger charge is 2.20. The topological polar surface area (TPSA) is 143 Å². The summed E-state index contributed by atoms with van der Waals surface area (Å²) in [7, 11) is 0. The average molecular weight is 336 g/mol. The van der Waals surface area contributed by atoms with Crippen LogP contribution in [0.5, 0.6) is 0 Å². The number of para-hydroxylation sites is 2. The number of ketones is 1. The monoisotopic (exact) mass is 336 g/mol. The predicted octanol–water partition coefficient (Wildman–Crippen LogP) is 1.62. The van der Waals surface area contributed by atoms with Crippen molar-refractivity contribution in [2.45, 2.75) is 6.54 Å². The summed E-state index contributed by atoms with van der Waals surface area (Å²) in [5.74, 6) is -0.395. The Labute approximate surface area is 142 Å². The molecule has 0 bridgehead atoms. The fraction of sp³-hybridized carbons (Fsp3) is 0.0588. The third-order valence-electron chi connectivity index (χ3n) is 3.78. The summed E-state index contributed by atoms with van der Waals surface area (Å²) < 4.78 is 1.58.